The van der Waals surface area contributed by atoms with Gasteiger partial charge < -0.3 is 4.90 Å². The summed E-state index contributed by atoms with van der Waals surface area (Å²) in [5.74, 6) is 1.85. The highest BCUT2D eigenvalue weighted by atomic mass is 32.1. The number of carbonyl (C=O) groups is 1. The fourth-order valence-corrected chi connectivity index (χ4v) is 3.42. The minimum absolute atomic E-state index is 0.130. The normalized spacial score (nSPS) is 19.3. The lowest BCUT2D eigenvalue weighted by molar-refractivity contribution is 0.0672. The van der Waals surface area contributed by atoms with Gasteiger partial charge in [0.15, 0.2) is 0 Å². The molecule has 1 aliphatic heterocycles. The Hall–Kier alpha value is -1.69. The van der Waals surface area contributed by atoms with Crippen LogP contribution in [0.4, 0.5) is 0 Å². The molecule has 1 fully saturated rings. The second-order valence-electron chi connectivity index (χ2n) is 5.21. The van der Waals surface area contributed by atoms with Crippen molar-refractivity contribution in [3.63, 3.8) is 0 Å². The first-order valence-electron chi connectivity index (χ1n) is 6.86. The lowest BCUT2D eigenvalue weighted by Crippen LogP contribution is -2.41. The summed E-state index contributed by atoms with van der Waals surface area (Å²) in [5, 5.41) is 8.32. The molecule has 0 aromatic carbocycles. The van der Waals surface area contributed by atoms with Crippen LogP contribution < -0.4 is 0 Å². The Morgan fingerprint density at radius 3 is 2.95 bits per heavy atom. The Kier molecular flexibility index (Phi) is 3.56. The minimum Gasteiger partial charge on any atom is -0.336 e. The van der Waals surface area contributed by atoms with Crippen molar-refractivity contribution in [2.24, 2.45) is 0 Å². The molecule has 2 aromatic heterocycles. The largest absolute Gasteiger partial charge is 0.336 e. The molecule has 1 saturated heterocycles. The number of piperidine rings is 1. The van der Waals surface area contributed by atoms with E-state index in [9.17, 15) is 4.79 Å². The molecule has 0 radical (unpaired) electrons. The second-order valence-corrected chi connectivity index (χ2v) is 5.99. The van der Waals surface area contributed by atoms with Gasteiger partial charge in [-0.15, -0.1) is 0 Å². The van der Waals surface area contributed by atoms with E-state index < -0.39 is 0 Å². The van der Waals surface area contributed by atoms with Crippen molar-refractivity contribution < 1.29 is 4.79 Å². The maximum Gasteiger partial charge on any atom is 0.254 e. The van der Waals surface area contributed by atoms with Crippen molar-refractivity contribution >= 4 is 17.2 Å². The van der Waals surface area contributed by atoms with Crippen molar-refractivity contribution in [1.82, 2.24) is 19.7 Å². The maximum atomic E-state index is 12.4. The monoisotopic (exact) mass is 290 g/mol. The average Bonchev–Trinajstić information content (AvgIpc) is 3.08. The van der Waals surface area contributed by atoms with Gasteiger partial charge in [-0.05, 0) is 38.1 Å². The number of thiophene rings is 1. The highest BCUT2D eigenvalue weighted by Gasteiger charge is 2.27. The first-order chi connectivity index (χ1) is 9.65. The Morgan fingerprint density at radius 2 is 2.30 bits per heavy atom. The van der Waals surface area contributed by atoms with E-state index in [0.717, 1.165) is 43.1 Å². The highest BCUT2D eigenvalue weighted by molar-refractivity contribution is 7.08. The van der Waals surface area contributed by atoms with E-state index in [0.29, 0.717) is 0 Å². The van der Waals surface area contributed by atoms with Gasteiger partial charge in [0.25, 0.3) is 5.91 Å². The average molecular weight is 290 g/mol. The zero-order valence-electron chi connectivity index (χ0n) is 11.7. The summed E-state index contributed by atoms with van der Waals surface area (Å²) in [4.78, 5) is 18.7. The third kappa shape index (κ3) is 2.47. The molecule has 1 amide bonds. The summed E-state index contributed by atoms with van der Waals surface area (Å²) in [6, 6.07) is 2.13. The molecule has 6 heteroatoms. The van der Waals surface area contributed by atoms with Gasteiger partial charge in [0.05, 0.1) is 11.6 Å². The Morgan fingerprint density at radius 1 is 1.45 bits per heavy atom. The molecule has 0 N–H and O–H groups in total. The van der Waals surface area contributed by atoms with E-state index in [2.05, 4.69) is 10.1 Å². The van der Waals surface area contributed by atoms with Crippen LogP contribution >= 0.6 is 11.3 Å². The third-order valence-electron chi connectivity index (χ3n) is 3.71. The summed E-state index contributed by atoms with van der Waals surface area (Å²) in [6.07, 6.45) is 2.07. The van der Waals surface area contributed by atoms with E-state index in [4.69, 9.17) is 0 Å². The van der Waals surface area contributed by atoms with Gasteiger partial charge in [-0.2, -0.15) is 16.4 Å². The minimum atomic E-state index is 0.130. The van der Waals surface area contributed by atoms with Crippen molar-refractivity contribution in [2.45, 2.75) is 32.7 Å². The molecule has 5 nitrogen and oxygen atoms in total. The smallest absolute Gasteiger partial charge is 0.254 e. The van der Waals surface area contributed by atoms with Gasteiger partial charge in [-0.1, -0.05) is 0 Å². The fraction of sp³-hybridized carbons (Fsp3) is 0.500. The molecule has 3 rings (SSSR count). The molecule has 0 aliphatic carbocycles. The van der Waals surface area contributed by atoms with Gasteiger partial charge in [0, 0.05) is 18.5 Å². The lowest BCUT2D eigenvalue weighted by atomic mass is 10.1. The van der Waals surface area contributed by atoms with Crippen LogP contribution in [0.15, 0.2) is 16.8 Å². The number of nitrogens with zero attached hydrogens (tertiary/aromatic N) is 4. The second kappa shape index (κ2) is 5.36. The number of aromatic nitrogens is 3. The van der Waals surface area contributed by atoms with Crippen molar-refractivity contribution in [3.05, 3.63) is 34.0 Å². The van der Waals surface area contributed by atoms with Crippen LogP contribution in [0.25, 0.3) is 0 Å². The molecule has 1 aliphatic rings. The molecule has 20 heavy (non-hydrogen) atoms. The van der Waals surface area contributed by atoms with E-state index in [1.807, 2.05) is 40.3 Å². The SMILES string of the molecule is Cc1nc(C)n([C@H]2CCCN(C(=O)c3ccsc3)C2)n1. The zero-order chi connectivity index (χ0) is 14.1. The topological polar surface area (TPSA) is 51.0 Å². The van der Waals surface area contributed by atoms with Gasteiger partial charge in [0.2, 0.25) is 0 Å². The van der Waals surface area contributed by atoms with Crippen LogP contribution in [0.3, 0.4) is 0 Å². The van der Waals surface area contributed by atoms with Crippen molar-refractivity contribution in [3.8, 4) is 0 Å². The molecule has 0 saturated carbocycles. The number of likely N-dealkylation sites (tertiary alicyclic amines) is 1. The molecule has 1 atom stereocenters. The molecule has 0 spiro atoms. The van der Waals surface area contributed by atoms with Crippen LogP contribution in [0.2, 0.25) is 0 Å². The maximum absolute atomic E-state index is 12.4. The Bertz CT molecular complexity index is 605. The van der Waals surface area contributed by atoms with Crippen LogP contribution in [0.1, 0.15) is 40.9 Å². The summed E-state index contributed by atoms with van der Waals surface area (Å²) in [6.45, 7) is 5.43. The molecular weight excluding hydrogens is 272 g/mol. The summed E-state index contributed by atoms with van der Waals surface area (Å²) in [5.41, 5.74) is 0.794. The van der Waals surface area contributed by atoms with E-state index in [1.165, 1.54) is 0 Å². The van der Waals surface area contributed by atoms with E-state index in [-0.39, 0.29) is 11.9 Å². The number of amides is 1. The standard InChI is InChI=1S/C14H18N4OS/c1-10-15-11(2)18(16-10)13-4-3-6-17(8-13)14(19)12-5-7-20-9-12/h5,7,9,13H,3-4,6,8H2,1-2H3/t13-/m0/s1. The Balaban J connectivity index is 1.77. The molecule has 0 bridgehead atoms. The van der Waals surface area contributed by atoms with Crippen LogP contribution in [0.5, 0.6) is 0 Å². The summed E-state index contributed by atoms with van der Waals surface area (Å²) < 4.78 is 1.97. The van der Waals surface area contributed by atoms with Crippen LogP contribution in [-0.4, -0.2) is 38.7 Å². The number of hydrogen-bond acceptors (Lipinski definition) is 4. The van der Waals surface area contributed by atoms with Crippen LogP contribution in [0, 0.1) is 13.8 Å². The molecule has 106 valence electrons. The Labute approximate surface area is 122 Å². The molecule has 2 aromatic rings. The van der Waals surface area contributed by atoms with Gasteiger partial charge in [-0.25, -0.2) is 9.67 Å². The highest BCUT2D eigenvalue weighted by Crippen LogP contribution is 2.23. The first kappa shape index (κ1) is 13.3. The molecular formula is C14H18N4OS. The predicted molar refractivity (Wildman–Crippen MR) is 78.0 cm³/mol. The number of aryl methyl sites for hydroxylation is 2. The number of hydrogen-bond donors (Lipinski definition) is 0. The number of rotatable bonds is 2. The van der Waals surface area contributed by atoms with Crippen LogP contribution in [-0.2, 0) is 0 Å². The van der Waals surface area contributed by atoms with Gasteiger partial charge in [-0.3, -0.25) is 4.79 Å². The lowest BCUT2D eigenvalue weighted by Gasteiger charge is -2.33. The van der Waals surface area contributed by atoms with E-state index in [1.54, 1.807) is 11.3 Å². The zero-order valence-corrected chi connectivity index (χ0v) is 12.6. The summed E-state index contributed by atoms with van der Waals surface area (Å²) >= 11 is 1.56. The quantitative estimate of drug-likeness (QED) is 0.853. The summed E-state index contributed by atoms with van der Waals surface area (Å²) in [7, 11) is 0. The first-order valence-corrected chi connectivity index (χ1v) is 7.80. The van der Waals surface area contributed by atoms with Crippen molar-refractivity contribution in [2.75, 3.05) is 13.1 Å². The predicted octanol–water partition coefficient (Wildman–Crippen LogP) is 2.43. The van der Waals surface area contributed by atoms with Gasteiger partial charge in [0.1, 0.15) is 11.6 Å². The number of carbonyl (C=O) groups excluding carboxylic acids is 1. The van der Waals surface area contributed by atoms with Gasteiger partial charge >= 0.3 is 0 Å². The fourth-order valence-electron chi connectivity index (χ4n) is 2.79. The third-order valence-corrected chi connectivity index (χ3v) is 4.39. The van der Waals surface area contributed by atoms with E-state index >= 15 is 0 Å². The molecule has 0 unspecified atom stereocenters. The molecule has 3 heterocycles. The van der Waals surface area contributed by atoms with Crippen molar-refractivity contribution in [1.29, 1.82) is 0 Å².